The van der Waals surface area contributed by atoms with Crippen molar-refractivity contribution in [3.63, 3.8) is 0 Å². The maximum atomic E-state index is 13.6. The Kier molecular flexibility index (Phi) is 7.42. The molecular weight excluding hydrogens is 538 g/mol. The van der Waals surface area contributed by atoms with Crippen LogP contribution in [0.1, 0.15) is 60.2 Å². The van der Waals surface area contributed by atoms with E-state index in [2.05, 4.69) is 24.5 Å². The number of hydrogen-bond donors (Lipinski definition) is 3. The number of nitrogens with zero attached hydrogens (tertiary/aromatic N) is 3. The molecule has 3 aromatic heterocycles. The van der Waals surface area contributed by atoms with Crippen LogP contribution in [0.4, 0.5) is 5.82 Å². The van der Waals surface area contributed by atoms with Crippen LogP contribution in [0.15, 0.2) is 18.6 Å². The van der Waals surface area contributed by atoms with Gasteiger partial charge in [0, 0.05) is 39.9 Å². The smallest absolute Gasteiger partial charge is 0.333 e. The second-order valence-electron chi connectivity index (χ2n) is 9.20. The van der Waals surface area contributed by atoms with E-state index in [1.807, 2.05) is 19.9 Å². The van der Waals surface area contributed by atoms with Crippen molar-refractivity contribution < 1.29 is 27.2 Å². The normalized spacial score (nSPS) is 23.7. The van der Waals surface area contributed by atoms with E-state index < -0.39 is 22.3 Å². The topological polar surface area (TPSA) is 167 Å². The molecule has 4 N–H and O–H groups in total. The first-order valence-corrected chi connectivity index (χ1v) is 14.8. The monoisotopic (exact) mass is 565 g/mol. The fourth-order valence-corrected chi connectivity index (χ4v) is 7.15. The van der Waals surface area contributed by atoms with Gasteiger partial charge in [0.05, 0.1) is 40.5 Å². The molecule has 1 saturated carbocycles. The zero-order valence-corrected chi connectivity index (χ0v) is 22.7. The van der Waals surface area contributed by atoms with Crippen LogP contribution < -0.4 is 10.5 Å². The Balaban J connectivity index is 1.34. The summed E-state index contributed by atoms with van der Waals surface area (Å²) in [5.41, 5.74) is 2.17. The van der Waals surface area contributed by atoms with Crippen molar-refractivity contribution >= 4 is 44.6 Å². The van der Waals surface area contributed by atoms with Crippen molar-refractivity contribution in [1.29, 1.82) is 0 Å². The molecule has 4 atom stereocenters. The molecule has 11 nitrogen and oxygen atoms in total. The maximum Gasteiger partial charge on any atom is 0.333 e. The number of hydrogen-bond acceptors (Lipinski definition) is 12. The predicted octanol–water partition coefficient (Wildman–Crippen LogP) is 2.28. The number of nitrogens with one attached hydrogen (secondary N) is 1. The van der Waals surface area contributed by atoms with Gasteiger partial charge in [-0.05, 0) is 32.8 Å². The minimum Gasteiger partial charge on any atom is -0.393 e. The predicted molar refractivity (Wildman–Crippen MR) is 138 cm³/mol. The summed E-state index contributed by atoms with van der Waals surface area (Å²) in [6.07, 6.45) is 3.34. The van der Waals surface area contributed by atoms with Gasteiger partial charge in [0.15, 0.2) is 0 Å². The first-order chi connectivity index (χ1) is 17.6. The molecule has 0 amide bonds. The van der Waals surface area contributed by atoms with Crippen LogP contribution in [0, 0.1) is 19.8 Å². The molecule has 0 saturated heterocycles. The zero-order chi connectivity index (χ0) is 26.3. The molecule has 2 aliphatic rings. The van der Waals surface area contributed by atoms with Crippen LogP contribution in [0.3, 0.4) is 0 Å². The number of nitrogens with two attached hydrogens (primary N) is 1. The van der Waals surface area contributed by atoms with Gasteiger partial charge in [-0.1, -0.05) is 0 Å². The SMILES string of the molecule is Cc1nc2c(s1)CCO[C@@H]2c1cc(C(=O)c2cncnc2N[C@@H]2C[C@H](COS(N)(=O)=O)[C@@H](O)C2)sc1C. The van der Waals surface area contributed by atoms with Gasteiger partial charge in [-0.25, -0.2) is 20.1 Å². The van der Waals surface area contributed by atoms with E-state index in [0.29, 0.717) is 35.7 Å². The highest BCUT2D eigenvalue weighted by Gasteiger charge is 2.35. The largest absolute Gasteiger partial charge is 0.393 e. The molecule has 3 aromatic rings. The highest BCUT2D eigenvalue weighted by Crippen LogP contribution is 2.40. The van der Waals surface area contributed by atoms with Crippen molar-refractivity contribution in [1.82, 2.24) is 15.0 Å². The third kappa shape index (κ3) is 5.74. The third-order valence-electron chi connectivity index (χ3n) is 6.56. The van der Waals surface area contributed by atoms with E-state index in [4.69, 9.17) is 9.88 Å². The molecule has 4 heterocycles. The number of thiophene rings is 1. The van der Waals surface area contributed by atoms with E-state index in [-0.39, 0.29) is 24.5 Å². The lowest BCUT2D eigenvalue weighted by atomic mass is 10.0. The average Bonchev–Trinajstić information content (AvgIpc) is 3.52. The molecule has 0 radical (unpaired) electrons. The Morgan fingerprint density at radius 1 is 1.32 bits per heavy atom. The van der Waals surface area contributed by atoms with E-state index in [1.54, 1.807) is 11.3 Å². The number of aliphatic hydroxyl groups excluding tert-OH is 1. The van der Waals surface area contributed by atoms with Crippen LogP contribution in [-0.4, -0.2) is 59.6 Å². The van der Waals surface area contributed by atoms with Crippen molar-refractivity contribution in [2.45, 2.75) is 51.4 Å². The van der Waals surface area contributed by atoms with E-state index >= 15 is 0 Å². The second kappa shape index (κ2) is 10.4. The molecule has 0 bridgehead atoms. The van der Waals surface area contributed by atoms with Crippen LogP contribution in [-0.2, 0) is 25.6 Å². The number of fused-ring (bicyclic) bond motifs is 1. The third-order valence-corrected chi connectivity index (χ3v) is 9.14. The van der Waals surface area contributed by atoms with Gasteiger partial charge in [0.25, 0.3) is 0 Å². The Hall–Kier alpha value is -2.33. The average molecular weight is 566 g/mol. The molecule has 0 unspecified atom stereocenters. The highest BCUT2D eigenvalue weighted by atomic mass is 32.2. The number of anilines is 1. The lowest BCUT2D eigenvalue weighted by molar-refractivity contribution is 0.0679. The van der Waals surface area contributed by atoms with Gasteiger partial charge in [-0.15, -0.1) is 22.7 Å². The standard InChI is InChI=1S/C23H27N5O6S3/c1-11-15(22-20-18(3-4-33-22)36-12(2)27-20)7-19(35-11)21(30)16-8-25-10-26-23(16)28-14-5-13(17(29)6-14)9-34-37(24,31)32/h7-8,10,13-14,17,22,29H,3-6,9H2,1-2H3,(H2,24,31,32)(H,25,26,28)/t13-,14-,17+,22-/m1/s1. The molecule has 14 heteroatoms. The summed E-state index contributed by atoms with van der Waals surface area (Å²) in [4.78, 5) is 29.3. The van der Waals surface area contributed by atoms with Gasteiger partial charge < -0.3 is 15.2 Å². The van der Waals surface area contributed by atoms with Crippen LogP contribution in [0.5, 0.6) is 0 Å². The van der Waals surface area contributed by atoms with Gasteiger partial charge in [0.1, 0.15) is 18.2 Å². The van der Waals surface area contributed by atoms with Gasteiger partial charge in [0.2, 0.25) is 5.78 Å². The molecule has 1 fully saturated rings. The Bertz CT molecular complexity index is 1420. The number of thiazole rings is 1. The number of carbonyl (C=O) groups excluding carboxylic acids is 1. The van der Waals surface area contributed by atoms with Gasteiger partial charge in [-0.3, -0.25) is 8.98 Å². The summed E-state index contributed by atoms with van der Waals surface area (Å²) in [5.74, 6) is -0.293. The zero-order valence-electron chi connectivity index (χ0n) is 20.2. The van der Waals surface area contributed by atoms with E-state index in [0.717, 1.165) is 27.6 Å². The summed E-state index contributed by atoms with van der Waals surface area (Å²) in [6.45, 7) is 4.35. The fourth-order valence-electron chi connectivity index (χ4n) is 4.84. The second-order valence-corrected chi connectivity index (χ2v) is 13.0. The number of rotatable bonds is 8. The van der Waals surface area contributed by atoms with Crippen molar-refractivity contribution in [2.75, 3.05) is 18.5 Å². The summed E-state index contributed by atoms with van der Waals surface area (Å²) < 4.78 is 32.9. The minimum absolute atomic E-state index is 0.214. The molecule has 1 aliphatic heterocycles. The quantitative estimate of drug-likeness (QED) is 0.345. The van der Waals surface area contributed by atoms with Crippen molar-refractivity contribution in [2.24, 2.45) is 11.1 Å². The number of carbonyl (C=O) groups is 1. The number of aliphatic hydroxyl groups is 1. The molecule has 1 aliphatic carbocycles. The van der Waals surface area contributed by atoms with Crippen molar-refractivity contribution in [3.8, 4) is 0 Å². The minimum atomic E-state index is -4.09. The van der Waals surface area contributed by atoms with Crippen LogP contribution in [0.25, 0.3) is 0 Å². The fraction of sp³-hybridized carbons (Fsp3) is 0.478. The Morgan fingerprint density at radius 2 is 2.14 bits per heavy atom. The van der Waals surface area contributed by atoms with Crippen LogP contribution >= 0.6 is 22.7 Å². The number of ketones is 1. The first kappa shape index (κ1) is 26.3. The molecule has 0 aromatic carbocycles. The summed E-state index contributed by atoms with van der Waals surface area (Å²) in [5, 5.41) is 19.5. The maximum absolute atomic E-state index is 13.6. The molecule has 5 rings (SSSR count). The molecule has 37 heavy (non-hydrogen) atoms. The molecular formula is C23H27N5O6S3. The lowest BCUT2D eigenvalue weighted by Gasteiger charge is -2.22. The number of ether oxygens (including phenoxy) is 1. The van der Waals surface area contributed by atoms with Gasteiger partial charge >= 0.3 is 10.3 Å². The Labute approximate surface area is 222 Å². The van der Waals surface area contributed by atoms with Crippen molar-refractivity contribution in [3.05, 3.63) is 55.1 Å². The lowest BCUT2D eigenvalue weighted by Crippen LogP contribution is -2.24. The number of aryl methyl sites for hydroxylation is 2. The van der Waals surface area contributed by atoms with E-state index in [9.17, 15) is 18.3 Å². The first-order valence-electron chi connectivity index (χ1n) is 11.7. The summed E-state index contributed by atoms with van der Waals surface area (Å²) in [7, 11) is -4.09. The number of aromatic nitrogens is 3. The highest BCUT2D eigenvalue weighted by molar-refractivity contribution is 7.84. The molecule has 198 valence electrons. The van der Waals surface area contributed by atoms with Crippen LogP contribution in [0.2, 0.25) is 0 Å². The van der Waals surface area contributed by atoms with E-state index in [1.165, 1.54) is 28.7 Å². The Morgan fingerprint density at radius 3 is 2.92 bits per heavy atom. The molecule has 0 spiro atoms. The van der Waals surface area contributed by atoms with Gasteiger partial charge in [-0.2, -0.15) is 8.42 Å². The summed E-state index contributed by atoms with van der Waals surface area (Å²) in [6, 6.07) is 1.63. The summed E-state index contributed by atoms with van der Waals surface area (Å²) >= 11 is 3.08.